The summed E-state index contributed by atoms with van der Waals surface area (Å²) in [5.74, 6) is -2.52. The first kappa shape index (κ1) is 35.2. The minimum atomic E-state index is -5.11. The van der Waals surface area contributed by atoms with E-state index in [4.69, 9.17) is 15.2 Å². The third kappa shape index (κ3) is 5.96. The summed E-state index contributed by atoms with van der Waals surface area (Å²) in [6.07, 6.45) is -2.86. The molecule has 2 N–H and O–H groups in total. The second-order valence-corrected chi connectivity index (χ2v) is 13.6. The van der Waals surface area contributed by atoms with Gasteiger partial charge in [-0.1, -0.05) is 12.6 Å². The van der Waals surface area contributed by atoms with E-state index in [0.717, 1.165) is 18.2 Å². The molecule has 2 saturated heterocycles. The van der Waals surface area contributed by atoms with Gasteiger partial charge in [-0.05, 0) is 50.6 Å². The molecule has 0 saturated carbocycles. The number of alkyl halides is 3. The smallest absolute Gasteiger partial charge is 0.417 e. The predicted octanol–water partition coefficient (Wildman–Crippen LogP) is 5.97. The van der Waals surface area contributed by atoms with Crippen molar-refractivity contribution in [3.63, 3.8) is 0 Å². The largest absolute Gasteiger partial charge is 0.462 e. The normalized spacial score (nSPS) is 21.2. The van der Waals surface area contributed by atoms with Gasteiger partial charge in [0, 0.05) is 55.7 Å². The number of hydrogen-bond acceptors (Lipinski definition) is 10. The fraction of sp³-hybridized carbons (Fsp3) is 0.412. The van der Waals surface area contributed by atoms with Crippen LogP contribution in [0.4, 0.5) is 32.8 Å². The molecule has 2 aromatic carbocycles. The zero-order valence-electron chi connectivity index (χ0n) is 27.6. The van der Waals surface area contributed by atoms with Crippen LogP contribution in [-0.4, -0.2) is 90.8 Å². The number of anilines is 2. The van der Waals surface area contributed by atoms with Crippen molar-refractivity contribution in [3.8, 4) is 23.2 Å². The average molecular weight is 716 g/mol. The number of nitrogens with two attached hydrogens (primary N) is 1. The quantitative estimate of drug-likeness (QED) is 0.174. The number of nitrogens with zero attached hydrogens (tertiary/aromatic N) is 6. The first-order valence-corrected chi connectivity index (χ1v) is 16.6. The lowest BCUT2D eigenvalue weighted by molar-refractivity contribution is -0.137. The molecule has 4 atom stereocenters. The summed E-state index contributed by atoms with van der Waals surface area (Å²) in [6.45, 7) is 6.45. The van der Waals surface area contributed by atoms with Gasteiger partial charge in [0.25, 0.3) is 0 Å². The highest BCUT2D eigenvalue weighted by Crippen LogP contribution is 2.48. The molecular weight excluding hydrogens is 681 g/mol. The first-order valence-electron chi connectivity index (χ1n) is 15.7. The van der Waals surface area contributed by atoms with Gasteiger partial charge in [-0.3, -0.25) is 9.69 Å². The molecule has 50 heavy (non-hydrogen) atoms. The lowest BCUT2D eigenvalue weighted by Gasteiger charge is -2.32. The molecule has 0 unspecified atom stereocenters. The summed E-state index contributed by atoms with van der Waals surface area (Å²) >= 11 is 0.686. The van der Waals surface area contributed by atoms with Crippen LogP contribution in [0, 0.1) is 23.0 Å². The standard InChI is InChI=1S/C34H34F5N7O3S/c1-6-25(47)46-10-9-24(16(46)2)45(4)32-20-12-22(34(37,38)39)27(19-7-8-23(35)30-26(19)21(13-40)31(41)50-30)28(36)29(20)42-33(43-32)49-15-17-11-18(48-5)14-44(17)3/h6-8,12,16-18,24H,1,9-11,14-15,41H2,2-5H3/t16-,17-,18-,24-/m1/s1. The molecule has 16 heteroatoms. The molecule has 2 aromatic heterocycles. The third-order valence-corrected chi connectivity index (χ3v) is 10.8. The molecule has 6 rings (SSSR count). The first-order chi connectivity index (χ1) is 23.7. The summed E-state index contributed by atoms with van der Waals surface area (Å²) in [5, 5.41) is 9.22. The maximum atomic E-state index is 17.1. The minimum Gasteiger partial charge on any atom is -0.462 e. The maximum Gasteiger partial charge on any atom is 0.417 e. The number of likely N-dealkylation sites (tertiary alicyclic amines) is 2. The Kier molecular flexibility index (Phi) is 9.35. The monoisotopic (exact) mass is 715 g/mol. The van der Waals surface area contributed by atoms with Crippen molar-refractivity contribution >= 4 is 49.1 Å². The summed E-state index contributed by atoms with van der Waals surface area (Å²) in [7, 11) is 5.11. The average Bonchev–Trinajstić information content (AvgIpc) is 3.76. The van der Waals surface area contributed by atoms with Crippen molar-refractivity contribution in [2.45, 2.75) is 50.2 Å². The Morgan fingerprint density at radius 3 is 2.68 bits per heavy atom. The van der Waals surface area contributed by atoms with Crippen LogP contribution < -0.4 is 15.4 Å². The number of fused-ring (bicyclic) bond motifs is 2. The van der Waals surface area contributed by atoms with Crippen LogP contribution in [0.1, 0.15) is 30.9 Å². The van der Waals surface area contributed by atoms with E-state index in [1.54, 1.807) is 30.9 Å². The fourth-order valence-corrected chi connectivity index (χ4v) is 8.06. The molecule has 0 bridgehead atoms. The van der Waals surface area contributed by atoms with E-state index in [-0.39, 0.29) is 68.1 Å². The van der Waals surface area contributed by atoms with Crippen molar-refractivity contribution in [2.24, 2.45) is 0 Å². The van der Waals surface area contributed by atoms with Crippen LogP contribution in [0.5, 0.6) is 6.01 Å². The Labute approximate surface area is 288 Å². The number of thiophene rings is 1. The van der Waals surface area contributed by atoms with Gasteiger partial charge < -0.3 is 25.0 Å². The molecule has 2 aliphatic rings. The summed E-state index contributed by atoms with van der Waals surface area (Å²) in [6, 6.07) is 3.30. The summed E-state index contributed by atoms with van der Waals surface area (Å²) < 4.78 is 88.2. The Morgan fingerprint density at radius 1 is 1.30 bits per heavy atom. The number of ether oxygens (including phenoxy) is 2. The van der Waals surface area contributed by atoms with Crippen LogP contribution in [0.3, 0.4) is 0 Å². The van der Waals surface area contributed by atoms with Gasteiger partial charge >= 0.3 is 12.2 Å². The third-order valence-electron chi connectivity index (χ3n) is 9.79. The van der Waals surface area contributed by atoms with Crippen LogP contribution in [0.15, 0.2) is 30.9 Å². The number of nitriles is 1. The van der Waals surface area contributed by atoms with Gasteiger partial charge in [-0.2, -0.15) is 28.4 Å². The van der Waals surface area contributed by atoms with Crippen molar-refractivity contribution in [2.75, 3.05) is 51.5 Å². The van der Waals surface area contributed by atoms with Gasteiger partial charge in [0.1, 0.15) is 34.8 Å². The molecule has 0 aliphatic carbocycles. The molecule has 264 valence electrons. The topological polar surface area (TPSA) is 121 Å². The van der Waals surface area contributed by atoms with E-state index >= 15 is 4.39 Å². The minimum absolute atomic E-state index is 0.0318. The van der Waals surface area contributed by atoms with Crippen molar-refractivity contribution in [1.82, 2.24) is 19.8 Å². The van der Waals surface area contributed by atoms with Gasteiger partial charge in [-0.15, -0.1) is 11.3 Å². The van der Waals surface area contributed by atoms with Crippen molar-refractivity contribution in [1.29, 1.82) is 5.26 Å². The van der Waals surface area contributed by atoms with E-state index in [1.165, 1.54) is 6.08 Å². The number of benzene rings is 2. The highest BCUT2D eigenvalue weighted by Gasteiger charge is 2.40. The SMILES string of the molecule is C=CC(=O)N1CC[C@@H](N(C)c2nc(OC[C@H]3C[C@@H](OC)CN3C)nc3c(F)c(-c4ccc(F)c5sc(N)c(C#N)c45)c(C(F)(F)F)cc23)[C@H]1C. The number of carbonyl (C=O) groups excluding carboxylic acids is 1. The van der Waals surface area contributed by atoms with E-state index < -0.39 is 46.5 Å². The van der Waals surface area contributed by atoms with Gasteiger partial charge in [0.05, 0.1) is 28.0 Å². The highest BCUT2D eigenvalue weighted by molar-refractivity contribution is 7.23. The van der Waals surface area contributed by atoms with Crippen molar-refractivity contribution in [3.05, 3.63) is 53.6 Å². The molecule has 10 nitrogen and oxygen atoms in total. The number of nitrogen functional groups attached to an aromatic ring is 1. The second kappa shape index (κ2) is 13.3. The number of halogens is 5. The number of amides is 1. The number of hydrogen-bond donors (Lipinski definition) is 1. The zero-order valence-corrected chi connectivity index (χ0v) is 28.5. The van der Waals surface area contributed by atoms with Crippen molar-refractivity contribution < 1.29 is 36.2 Å². The summed E-state index contributed by atoms with van der Waals surface area (Å²) in [4.78, 5) is 26.6. The molecule has 0 spiro atoms. The molecular formula is C34H34F5N7O3S. The van der Waals surface area contributed by atoms with E-state index in [1.807, 2.05) is 18.0 Å². The molecule has 2 aliphatic heterocycles. The lowest BCUT2D eigenvalue weighted by atomic mass is 9.92. The number of carbonyl (C=O) groups is 1. The molecule has 0 radical (unpaired) electrons. The van der Waals surface area contributed by atoms with Crippen LogP contribution in [-0.2, 0) is 15.7 Å². The summed E-state index contributed by atoms with van der Waals surface area (Å²) in [5.41, 5.74) is 2.56. The number of methoxy groups -OCH3 is 1. The zero-order chi connectivity index (χ0) is 36.2. The Morgan fingerprint density at radius 2 is 2.04 bits per heavy atom. The van der Waals surface area contributed by atoms with Crippen LogP contribution in [0.25, 0.3) is 32.1 Å². The number of likely N-dealkylation sites (N-methyl/N-ethyl adjacent to an activating group) is 2. The number of rotatable bonds is 8. The van der Waals surface area contributed by atoms with Gasteiger partial charge in [0.15, 0.2) is 5.82 Å². The molecule has 2 fully saturated rings. The van der Waals surface area contributed by atoms with E-state index in [2.05, 4.69) is 16.5 Å². The Bertz CT molecular complexity index is 2050. The highest BCUT2D eigenvalue weighted by atomic mass is 32.1. The molecule has 1 amide bonds. The Hall–Kier alpha value is -4.59. The van der Waals surface area contributed by atoms with Crippen LogP contribution >= 0.6 is 11.3 Å². The Balaban J connectivity index is 1.58. The maximum absolute atomic E-state index is 17.1. The van der Waals surface area contributed by atoms with Crippen LogP contribution in [0.2, 0.25) is 0 Å². The van der Waals surface area contributed by atoms with E-state index in [9.17, 15) is 27.6 Å². The number of aromatic nitrogens is 2. The molecule has 4 aromatic rings. The van der Waals surface area contributed by atoms with Gasteiger partial charge in [-0.25, -0.2) is 8.78 Å². The lowest BCUT2D eigenvalue weighted by Crippen LogP contribution is -2.43. The molecule has 4 heterocycles. The fourth-order valence-electron chi connectivity index (χ4n) is 7.11. The predicted molar refractivity (Wildman–Crippen MR) is 180 cm³/mol. The van der Waals surface area contributed by atoms with Gasteiger partial charge in [0.2, 0.25) is 5.91 Å². The van der Waals surface area contributed by atoms with E-state index in [0.29, 0.717) is 37.3 Å². The second-order valence-electron chi connectivity index (χ2n) is 12.5.